The number of likely N-dealkylation sites (tertiary alicyclic amines) is 1. The number of nitrogens with one attached hydrogen (secondary N) is 1. The number of aromatic nitrogens is 6. The number of carbonyl (C=O) groups excluding carboxylic acids is 1. The normalized spacial score (nSPS) is 14.7. The lowest BCUT2D eigenvalue weighted by molar-refractivity contribution is -0.126. The van der Waals surface area contributed by atoms with E-state index in [0.717, 1.165) is 24.2 Å². The number of allylic oxidation sites excluding steroid dienone is 1. The average molecular weight is 551 g/mol. The first kappa shape index (κ1) is 26.1. The molecular formula is C30H27FN8O2. The van der Waals surface area contributed by atoms with Gasteiger partial charge in [0.25, 0.3) is 0 Å². The lowest BCUT2D eigenvalue weighted by Crippen LogP contribution is -2.39. The zero-order valence-corrected chi connectivity index (χ0v) is 22.6. The number of carbonyl (C=O) groups is 1. The molecule has 1 amide bonds. The number of nitrogens with zero attached hydrogens (tertiary/aromatic N) is 7. The molecule has 1 aliphatic heterocycles. The average Bonchev–Trinajstić information content (AvgIpc) is 3.45. The maximum absolute atomic E-state index is 15.6. The smallest absolute Gasteiger partial charge is 0.250 e. The van der Waals surface area contributed by atoms with Gasteiger partial charge in [-0.3, -0.25) is 4.79 Å². The van der Waals surface area contributed by atoms with Gasteiger partial charge < -0.3 is 15.0 Å². The third kappa shape index (κ3) is 4.97. The van der Waals surface area contributed by atoms with Gasteiger partial charge in [0.1, 0.15) is 29.7 Å². The minimum absolute atomic E-state index is 0.0183. The number of anilines is 2. The maximum atomic E-state index is 15.6. The summed E-state index contributed by atoms with van der Waals surface area (Å²) in [6.45, 7) is 7.99. The summed E-state index contributed by atoms with van der Waals surface area (Å²) in [5, 5.41) is 7.17. The van der Waals surface area contributed by atoms with E-state index < -0.39 is 5.82 Å². The molecule has 5 aromatic rings. The Bertz CT molecular complexity index is 1830. The van der Waals surface area contributed by atoms with Crippen LogP contribution in [0, 0.1) is 12.7 Å². The molecule has 1 N–H and O–H groups in total. The van der Waals surface area contributed by atoms with Gasteiger partial charge in [0.15, 0.2) is 17.3 Å². The highest BCUT2D eigenvalue weighted by Gasteiger charge is 2.26. The Morgan fingerprint density at radius 3 is 2.85 bits per heavy atom. The summed E-state index contributed by atoms with van der Waals surface area (Å²) in [6.07, 6.45) is 9.62. The number of fused-ring (bicyclic) bond motifs is 2. The quantitative estimate of drug-likeness (QED) is 0.240. The first-order chi connectivity index (χ1) is 19.9. The second-order valence-electron chi connectivity index (χ2n) is 9.65. The van der Waals surface area contributed by atoms with Gasteiger partial charge in [-0.05, 0) is 49.8 Å². The van der Waals surface area contributed by atoms with Gasteiger partial charge in [0.2, 0.25) is 5.91 Å². The summed E-state index contributed by atoms with van der Waals surface area (Å²) in [5.74, 6) is 0.692. The van der Waals surface area contributed by atoms with Crippen molar-refractivity contribution in [2.45, 2.75) is 32.6 Å². The molecule has 6 rings (SSSR count). The van der Waals surface area contributed by atoms with Crippen LogP contribution in [0.5, 0.6) is 11.5 Å². The predicted molar refractivity (Wildman–Crippen MR) is 152 cm³/mol. The molecule has 4 aromatic heterocycles. The van der Waals surface area contributed by atoms with Gasteiger partial charge in [-0.1, -0.05) is 19.6 Å². The summed E-state index contributed by atoms with van der Waals surface area (Å²) in [6, 6.07) is 10.6. The molecule has 0 radical (unpaired) electrons. The topological polar surface area (TPSA) is 110 Å². The van der Waals surface area contributed by atoms with E-state index in [4.69, 9.17) is 9.72 Å². The maximum Gasteiger partial charge on any atom is 0.250 e. The Hall–Kier alpha value is -5.19. The van der Waals surface area contributed by atoms with Gasteiger partial charge in [-0.15, -0.1) is 0 Å². The summed E-state index contributed by atoms with van der Waals surface area (Å²) >= 11 is 0. The fraction of sp³-hybridized carbons (Fsp3) is 0.200. The van der Waals surface area contributed by atoms with Crippen LogP contribution in [-0.2, 0) is 4.79 Å². The number of amides is 1. The Labute approximate surface area is 235 Å². The highest BCUT2D eigenvalue weighted by molar-refractivity contribution is 5.89. The van der Waals surface area contributed by atoms with Gasteiger partial charge in [-0.25, -0.2) is 28.8 Å². The minimum Gasteiger partial charge on any atom is -0.457 e. The number of hydrogen-bond acceptors (Lipinski definition) is 8. The molecule has 1 aromatic carbocycles. The first-order valence-electron chi connectivity index (χ1n) is 13.2. The summed E-state index contributed by atoms with van der Waals surface area (Å²) in [4.78, 5) is 31.5. The molecule has 5 heterocycles. The molecule has 1 atom stereocenters. The van der Waals surface area contributed by atoms with Crippen LogP contribution in [0.15, 0.2) is 79.7 Å². The zero-order valence-electron chi connectivity index (χ0n) is 22.6. The Kier molecular flexibility index (Phi) is 6.84. The fourth-order valence-corrected chi connectivity index (χ4v) is 4.77. The van der Waals surface area contributed by atoms with Crippen LogP contribution in [0.4, 0.5) is 15.9 Å². The van der Waals surface area contributed by atoms with Crippen molar-refractivity contribution >= 4 is 34.1 Å². The fourth-order valence-electron chi connectivity index (χ4n) is 4.77. The standard InChI is InChI=1S/C30H27FN8O2/c1-4-19(14-20-10-12-38(20)27(40)5-2)22-6-7-24-29(36-22)30(34-16-32-24)37-23-8-9-25(18(3)28(23)31)41-21-11-13-39-26(15-21)33-17-35-39/h5-9,11,13-17,19H,2,4,10,12H2,1,3H3,(H,32,34,37)/b20-14+/t19-/m0/s1. The molecular weight excluding hydrogens is 523 g/mol. The number of rotatable bonds is 8. The lowest BCUT2D eigenvalue weighted by atomic mass is 9.96. The van der Waals surface area contributed by atoms with Crippen molar-refractivity contribution < 1.29 is 13.9 Å². The zero-order chi connectivity index (χ0) is 28.5. The van der Waals surface area contributed by atoms with Crippen molar-refractivity contribution in [2.24, 2.45) is 0 Å². The second kappa shape index (κ2) is 10.8. The van der Waals surface area contributed by atoms with E-state index in [2.05, 4.69) is 44.9 Å². The largest absolute Gasteiger partial charge is 0.457 e. The number of pyridine rings is 2. The molecule has 206 valence electrons. The molecule has 0 aliphatic carbocycles. The Morgan fingerprint density at radius 2 is 2.07 bits per heavy atom. The Balaban J connectivity index is 1.28. The molecule has 0 spiro atoms. The van der Waals surface area contributed by atoms with Gasteiger partial charge in [0, 0.05) is 48.1 Å². The molecule has 0 saturated carbocycles. The van der Waals surface area contributed by atoms with E-state index in [9.17, 15) is 4.79 Å². The van der Waals surface area contributed by atoms with Crippen molar-refractivity contribution in [2.75, 3.05) is 11.9 Å². The summed E-state index contributed by atoms with van der Waals surface area (Å²) < 4.78 is 23.1. The van der Waals surface area contributed by atoms with E-state index in [0.29, 0.717) is 46.1 Å². The summed E-state index contributed by atoms with van der Waals surface area (Å²) in [5.41, 5.74) is 4.12. The van der Waals surface area contributed by atoms with Gasteiger partial charge in [-0.2, -0.15) is 5.10 Å². The van der Waals surface area contributed by atoms with E-state index >= 15 is 4.39 Å². The van der Waals surface area contributed by atoms with E-state index in [1.165, 1.54) is 18.7 Å². The molecule has 1 fully saturated rings. The van der Waals surface area contributed by atoms with Crippen LogP contribution in [0.1, 0.15) is 36.9 Å². The third-order valence-corrected chi connectivity index (χ3v) is 7.17. The van der Waals surface area contributed by atoms with Crippen molar-refractivity contribution in [3.05, 3.63) is 96.8 Å². The van der Waals surface area contributed by atoms with Crippen LogP contribution >= 0.6 is 0 Å². The molecule has 10 nitrogen and oxygen atoms in total. The van der Waals surface area contributed by atoms with Gasteiger partial charge in [0.05, 0.1) is 11.2 Å². The molecule has 1 aliphatic rings. The van der Waals surface area contributed by atoms with Crippen LogP contribution in [0.25, 0.3) is 16.7 Å². The highest BCUT2D eigenvalue weighted by atomic mass is 19.1. The number of ether oxygens (including phenoxy) is 1. The number of halogens is 1. The molecule has 0 unspecified atom stereocenters. The monoisotopic (exact) mass is 550 g/mol. The summed E-state index contributed by atoms with van der Waals surface area (Å²) in [7, 11) is 0. The van der Waals surface area contributed by atoms with Crippen LogP contribution in [0.2, 0.25) is 0 Å². The van der Waals surface area contributed by atoms with Crippen LogP contribution in [-0.4, -0.2) is 46.9 Å². The van der Waals surface area contributed by atoms with Crippen molar-refractivity contribution in [1.82, 2.24) is 34.4 Å². The molecule has 0 bridgehead atoms. The minimum atomic E-state index is -0.470. The van der Waals surface area contributed by atoms with Crippen molar-refractivity contribution in [1.29, 1.82) is 0 Å². The molecule has 41 heavy (non-hydrogen) atoms. The molecule has 1 saturated heterocycles. The van der Waals surface area contributed by atoms with Crippen molar-refractivity contribution in [3.63, 3.8) is 0 Å². The lowest BCUT2D eigenvalue weighted by Gasteiger charge is -2.34. The second-order valence-corrected chi connectivity index (χ2v) is 9.65. The van der Waals surface area contributed by atoms with Crippen molar-refractivity contribution in [3.8, 4) is 11.5 Å². The highest BCUT2D eigenvalue weighted by Crippen LogP contribution is 2.34. The molecule has 11 heteroatoms. The number of benzene rings is 1. The van der Waals surface area contributed by atoms with Gasteiger partial charge >= 0.3 is 0 Å². The Morgan fingerprint density at radius 1 is 1.20 bits per heavy atom. The third-order valence-electron chi connectivity index (χ3n) is 7.17. The van der Waals surface area contributed by atoms with E-state index in [-0.39, 0.29) is 17.5 Å². The SMILES string of the molecule is C=CC(=O)N1CC/C1=C\[C@H](CC)c1ccc2ncnc(Nc3ccc(Oc4ccn5ncnc5c4)c(C)c3F)c2n1. The first-order valence-corrected chi connectivity index (χ1v) is 13.2. The number of hydrogen-bond donors (Lipinski definition) is 1. The predicted octanol–water partition coefficient (Wildman–Crippen LogP) is 5.85. The van der Waals surface area contributed by atoms with E-state index in [1.54, 1.807) is 46.8 Å². The van der Waals surface area contributed by atoms with Crippen LogP contribution < -0.4 is 10.1 Å². The van der Waals surface area contributed by atoms with Crippen LogP contribution in [0.3, 0.4) is 0 Å². The van der Waals surface area contributed by atoms with E-state index in [1.807, 2.05) is 12.1 Å².